The Bertz CT molecular complexity index is 920. The highest BCUT2D eigenvalue weighted by Gasteiger charge is 2.25. The maximum atomic E-state index is 12.4. The number of pyridine rings is 1. The first kappa shape index (κ1) is 18.3. The van der Waals surface area contributed by atoms with E-state index in [2.05, 4.69) is 38.8 Å². The van der Waals surface area contributed by atoms with Gasteiger partial charge in [-0.25, -0.2) is 4.98 Å². The van der Waals surface area contributed by atoms with Crippen LogP contribution in [0.4, 0.5) is 5.82 Å². The molecule has 1 aliphatic rings. The van der Waals surface area contributed by atoms with Gasteiger partial charge in [0.25, 0.3) is 0 Å². The van der Waals surface area contributed by atoms with E-state index in [9.17, 15) is 4.79 Å². The smallest absolute Gasteiger partial charge is 0.223 e. The van der Waals surface area contributed by atoms with Crippen molar-refractivity contribution in [3.05, 3.63) is 57.9 Å². The normalized spacial score (nSPS) is 15.2. The number of halogens is 1. The zero-order valence-electron chi connectivity index (χ0n) is 15.0. The molecule has 0 radical (unpaired) electrons. The predicted octanol–water partition coefficient (Wildman–Crippen LogP) is 4.53. The molecule has 2 aromatic heterocycles. The Morgan fingerprint density at radius 1 is 1.22 bits per heavy atom. The van der Waals surface area contributed by atoms with Crippen LogP contribution in [0.25, 0.3) is 10.8 Å². The third-order valence-corrected chi connectivity index (χ3v) is 6.35. The number of nitrogens with one attached hydrogen (secondary N) is 1. The van der Waals surface area contributed by atoms with Crippen LogP contribution in [-0.4, -0.2) is 30.5 Å². The van der Waals surface area contributed by atoms with Crippen molar-refractivity contribution in [2.75, 3.05) is 24.5 Å². The number of hydrogen-bond acceptors (Lipinski definition) is 4. The van der Waals surface area contributed by atoms with E-state index in [1.807, 2.05) is 24.3 Å². The monoisotopic (exact) mass is 399 g/mol. The molecular weight excluding hydrogens is 378 g/mol. The fraction of sp³-hybridized carbons (Fsp3) is 0.333. The summed E-state index contributed by atoms with van der Waals surface area (Å²) >= 11 is 8.09. The van der Waals surface area contributed by atoms with Crippen molar-refractivity contribution < 1.29 is 4.79 Å². The Labute approximate surface area is 168 Å². The van der Waals surface area contributed by atoms with Gasteiger partial charge in [0, 0.05) is 35.8 Å². The second kappa shape index (κ2) is 8.28. The third-order valence-electron chi connectivity index (χ3n) is 5.12. The number of fused-ring (bicyclic) bond motifs is 1. The predicted molar refractivity (Wildman–Crippen MR) is 113 cm³/mol. The van der Waals surface area contributed by atoms with E-state index in [4.69, 9.17) is 11.6 Å². The number of nitrogens with zero attached hydrogens (tertiary/aromatic N) is 2. The van der Waals surface area contributed by atoms with Crippen molar-refractivity contribution in [2.45, 2.75) is 19.3 Å². The molecule has 140 valence electrons. The van der Waals surface area contributed by atoms with Gasteiger partial charge in [0.05, 0.1) is 0 Å². The Balaban J connectivity index is 1.32. The first-order valence-corrected chi connectivity index (χ1v) is 10.6. The van der Waals surface area contributed by atoms with Crippen LogP contribution < -0.4 is 10.2 Å². The topological polar surface area (TPSA) is 45.2 Å². The summed E-state index contributed by atoms with van der Waals surface area (Å²) in [7, 11) is 0. The molecule has 3 heterocycles. The molecule has 1 aliphatic heterocycles. The fourth-order valence-corrected chi connectivity index (χ4v) is 4.55. The number of carbonyl (C=O) groups excluding carboxylic acids is 1. The van der Waals surface area contributed by atoms with Crippen molar-refractivity contribution >= 4 is 45.4 Å². The lowest BCUT2D eigenvalue weighted by Crippen LogP contribution is -2.41. The summed E-state index contributed by atoms with van der Waals surface area (Å²) in [4.78, 5) is 20.5. The Hall–Kier alpha value is -2.11. The van der Waals surface area contributed by atoms with Crippen molar-refractivity contribution in [1.82, 2.24) is 10.3 Å². The highest BCUT2D eigenvalue weighted by molar-refractivity contribution is 7.09. The lowest BCUT2D eigenvalue weighted by Gasteiger charge is -2.32. The van der Waals surface area contributed by atoms with Gasteiger partial charge in [0.2, 0.25) is 5.91 Å². The molecule has 1 saturated heterocycles. The Morgan fingerprint density at radius 2 is 2.04 bits per heavy atom. The van der Waals surface area contributed by atoms with Gasteiger partial charge < -0.3 is 10.2 Å². The van der Waals surface area contributed by atoms with Crippen molar-refractivity contribution in [3.8, 4) is 0 Å². The Kier molecular flexibility index (Phi) is 5.60. The van der Waals surface area contributed by atoms with E-state index in [1.54, 1.807) is 11.3 Å². The number of rotatable bonds is 5. The van der Waals surface area contributed by atoms with Crippen LogP contribution in [0.15, 0.2) is 47.8 Å². The van der Waals surface area contributed by atoms with Gasteiger partial charge in [-0.05, 0) is 42.2 Å². The molecule has 3 aromatic rings. The average Bonchev–Trinajstić information content (AvgIpc) is 3.21. The van der Waals surface area contributed by atoms with Gasteiger partial charge in [-0.15, -0.1) is 11.3 Å². The van der Waals surface area contributed by atoms with E-state index < -0.39 is 0 Å². The molecule has 4 rings (SSSR count). The second-order valence-electron chi connectivity index (χ2n) is 6.87. The minimum absolute atomic E-state index is 0.0838. The highest BCUT2D eigenvalue weighted by atomic mass is 35.5. The number of piperidine rings is 1. The summed E-state index contributed by atoms with van der Waals surface area (Å²) in [5.41, 5.74) is 0. The number of anilines is 1. The molecule has 0 saturated carbocycles. The van der Waals surface area contributed by atoms with Crippen LogP contribution in [0.3, 0.4) is 0 Å². The summed E-state index contributed by atoms with van der Waals surface area (Å²) in [6, 6.07) is 14.3. The van der Waals surface area contributed by atoms with E-state index in [0.29, 0.717) is 11.7 Å². The summed E-state index contributed by atoms with van der Waals surface area (Å²) in [6.45, 7) is 2.36. The zero-order valence-corrected chi connectivity index (χ0v) is 16.6. The van der Waals surface area contributed by atoms with E-state index in [0.717, 1.165) is 48.9 Å². The van der Waals surface area contributed by atoms with Gasteiger partial charge in [-0.2, -0.15) is 0 Å². The highest BCUT2D eigenvalue weighted by Crippen LogP contribution is 2.29. The number of hydrogen-bond donors (Lipinski definition) is 1. The molecule has 1 amide bonds. The summed E-state index contributed by atoms with van der Waals surface area (Å²) < 4.78 is 0. The van der Waals surface area contributed by atoms with Crippen LogP contribution in [0, 0.1) is 5.92 Å². The van der Waals surface area contributed by atoms with E-state index in [-0.39, 0.29) is 11.8 Å². The lowest BCUT2D eigenvalue weighted by molar-refractivity contribution is -0.125. The second-order valence-corrected chi connectivity index (χ2v) is 8.26. The molecule has 0 unspecified atom stereocenters. The third kappa shape index (κ3) is 4.25. The zero-order chi connectivity index (χ0) is 18.6. The van der Waals surface area contributed by atoms with Gasteiger partial charge in [-0.1, -0.05) is 41.9 Å². The molecule has 4 nitrogen and oxygen atoms in total. The van der Waals surface area contributed by atoms with Crippen LogP contribution in [0.5, 0.6) is 0 Å². The quantitative estimate of drug-likeness (QED) is 0.641. The fourth-order valence-electron chi connectivity index (χ4n) is 3.58. The maximum absolute atomic E-state index is 12.4. The van der Waals surface area contributed by atoms with E-state index >= 15 is 0 Å². The molecule has 1 aromatic carbocycles. The maximum Gasteiger partial charge on any atom is 0.223 e. The molecule has 1 N–H and O–H groups in total. The molecule has 6 heteroatoms. The van der Waals surface area contributed by atoms with E-state index in [1.165, 1.54) is 4.88 Å². The molecule has 27 heavy (non-hydrogen) atoms. The number of aromatic nitrogens is 1. The molecular formula is C21H22ClN3OS. The summed E-state index contributed by atoms with van der Waals surface area (Å²) in [5, 5.41) is 7.77. The van der Waals surface area contributed by atoms with Crippen molar-refractivity contribution in [3.63, 3.8) is 0 Å². The van der Waals surface area contributed by atoms with Crippen LogP contribution >= 0.6 is 22.9 Å². The van der Waals surface area contributed by atoms with Crippen LogP contribution in [0.2, 0.25) is 5.15 Å². The lowest BCUT2D eigenvalue weighted by atomic mass is 9.95. The molecule has 1 fully saturated rings. The number of amides is 1. The minimum Gasteiger partial charge on any atom is -0.357 e. The number of thiophene rings is 1. The largest absolute Gasteiger partial charge is 0.357 e. The first-order chi connectivity index (χ1) is 13.2. The van der Waals surface area contributed by atoms with Crippen molar-refractivity contribution in [2.24, 2.45) is 5.92 Å². The van der Waals surface area contributed by atoms with Gasteiger partial charge in [-0.3, -0.25) is 4.79 Å². The Morgan fingerprint density at radius 3 is 2.81 bits per heavy atom. The van der Waals surface area contributed by atoms with Crippen molar-refractivity contribution in [1.29, 1.82) is 0 Å². The van der Waals surface area contributed by atoms with Crippen LogP contribution in [-0.2, 0) is 11.2 Å². The van der Waals surface area contributed by atoms with Gasteiger partial charge >= 0.3 is 0 Å². The number of carbonyl (C=O) groups is 1. The average molecular weight is 400 g/mol. The standard InChI is InChI=1S/C21H22ClN3OS/c22-20-18-6-2-1-4-16(18)14-19(24-20)25-11-8-15(9-12-25)21(26)23-10-7-17-5-3-13-27-17/h1-6,13-15H,7-12H2,(H,23,26). The first-order valence-electron chi connectivity index (χ1n) is 9.31. The number of benzene rings is 1. The minimum atomic E-state index is 0.0838. The van der Waals surface area contributed by atoms with Gasteiger partial charge in [0.15, 0.2) is 0 Å². The summed E-state index contributed by atoms with van der Waals surface area (Å²) in [5.74, 6) is 1.16. The molecule has 0 spiro atoms. The molecule has 0 bridgehead atoms. The van der Waals surface area contributed by atoms with Crippen LogP contribution in [0.1, 0.15) is 17.7 Å². The molecule has 0 atom stereocenters. The summed E-state index contributed by atoms with van der Waals surface area (Å²) in [6.07, 6.45) is 2.59. The van der Waals surface area contributed by atoms with Gasteiger partial charge in [0.1, 0.15) is 11.0 Å². The SMILES string of the molecule is O=C(NCCc1cccs1)C1CCN(c2cc3ccccc3c(Cl)n2)CC1. The molecule has 0 aliphatic carbocycles.